The number of amides is 1. The number of hydrogen-bond donors (Lipinski definition) is 1. The van der Waals surface area contributed by atoms with E-state index in [1.807, 2.05) is 24.3 Å². The SMILES string of the molecule is O=C(CC[C@@H]1COc2ccccc2O1)Nc1ccc(C(=O)[O-])cc1. The van der Waals surface area contributed by atoms with Crippen LogP contribution in [0.1, 0.15) is 23.2 Å². The number of para-hydroxylation sites is 2. The van der Waals surface area contributed by atoms with Crippen LogP contribution in [0.25, 0.3) is 0 Å². The Labute approximate surface area is 139 Å². The zero-order chi connectivity index (χ0) is 16.9. The van der Waals surface area contributed by atoms with E-state index >= 15 is 0 Å². The molecule has 1 heterocycles. The molecular weight excluding hydrogens is 310 g/mol. The maximum Gasteiger partial charge on any atom is 0.224 e. The highest BCUT2D eigenvalue weighted by Crippen LogP contribution is 2.31. The van der Waals surface area contributed by atoms with Crippen LogP contribution in [-0.4, -0.2) is 24.6 Å². The minimum Gasteiger partial charge on any atom is -0.545 e. The van der Waals surface area contributed by atoms with Gasteiger partial charge in [0.2, 0.25) is 5.91 Å². The third-order valence-electron chi connectivity index (χ3n) is 3.67. The molecule has 0 saturated heterocycles. The molecule has 0 aromatic heterocycles. The van der Waals surface area contributed by atoms with Crippen LogP contribution in [0.5, 0.6) is 11.5 Å². The molecule has 6 heteroatoms. The molecule has 1 amide bonds. The molecule has 2 aromatic carbocycles. The minimum atomic E-state index is -1.25. The molecule has 1 N–H and O–H groups in total. The van der Waals surface area contributed by atoms with Crippen LogP contribution >= 0.6 is 0 Å². The highest BCUT2D eigenvalue weighted by atomic mass is 16.6. The van der Waals surface area contributed by atoms with Crippen LogP contribution in [0.4, 0.5) is 5.69 Å². The molecule has 0 fully saturated rings. The van der Waals surface area contributed by atoms with Gasteiger partial charge in [0.1, 0.15) is 12.7 Å². The van der Waals surface area contributed by atoms with Crippen molar-refractivity contribution in [2.75, 3.05) is 11.9 Å². The van der Waals surface area contributed by atoms with Crippen LogP contribution in [0.3, 0.4) is 0 Å². The van der Waals surface area contributed by atoms with Gasteiger partial charge >= 0.3 is 0 Å². The van der Waals surface area contributed by atoms with Crippen LogP contribution < -0.4 is 19.9 Å². The number of carboxylic acid groups (broad SMARTS) is 1. The van der Waals surface area contributed by atoms with Gasteiger partial charge in [-0.2, -0.15) is 0 Å². The third kappa shape index (κ3) is 3.84. The highest BCUT2D eigenvalue weighted by Gasteiger charge is 2.21. The Balaban J connectivity index is 1.48. The summed E-state index contributed by atoms with van der Waals surface area (Å²) in [6, 6.07) is 13.3. The number of carboxylic acids is 1. The number of nitrogens with one attached hydrogen (secondary N) is 1. The molecule has 0 saturated carbocycles. The number of anilines is 1. The summed E-state index contributed by atoms with van der Waals surface area (Å²) in [6.45, 7) is 0.407. The number of carbonyl (C=O) groups excluding carboxylic acids is 2. The fourth-order valence-corrected chi connectivity index (χ4v) is 2.41. The predicted octanol–water partition coefficient (Wildman–Crippen LogP) is 1.61. The van der Waals surface area contributed by atoms with Crippen LogP contribution in [0.15, 0.2) is 48.5 Å². The van der Waals surface area contributed by atoms with Gasteiger partial charge in [0.25, 0.3) is 0 Å². The number of ether oxygens (including phenoxy) is 2. The molecular formula is C18H16NO5-. The summed E-state index contributed by atoms with van der Waals surface area (Å²) in [4.78, 5) is 22.7. The first-order valence-corrected chi connectivity index (χ1v) is 7.61. The van der Waals surface area contributed by atoms with Crippen molar-refractivity contribution in [3.05, 3.63) is 54.1 Å². The molecule has 0 unspecified atom stereocenters. The largest absolute Gasteiger partial charge is 0.545 e. The van der Waals surface area contributed by atoms with Gasteiger partial charge in [0.05, 0.1) is 5.97 Å². The number of aromatic carboxylic acids is 1. The van der Waals surface area contributed by atoms with Crippen molar-refractivity contribution in [2.24, 2.45) is 0 Å². The highest BCUT2D eigenvalue weighted by molar-refractivity contribution is 5.92. The number of fused-ring (bicyclic) bond motifs is 1. The fraction of sp³-hybridized carbons (Fsp3) is 0.222. The maximum atomic E-state index is 12.0. The van der Waals surface area contributed by atoms with Gasteiger partial charge in [-0.25, -0.2) is 0 Å². The molecule has 1 aliphatic heterocycles. The molecule has 3 rings (SSSR count). The lowest BCUT2D eigenvalue weighted by atomic mass is 10.1. The normalized spacial score (nSPS) is 15.6. The van der Waals surface area contributed by atoms with E-state index in [0.717, 1.165) is 0 Å². The second-order valence-corrected chi connectivity index (χ2v) is 5.45. The number of hydrogen-bond acceptors (Lipinski definition) is 5. The maximum absolute atomic E-state index is 12.0. The van der Waals surface area contributed by atoms with Gasteiger partial charge in [-0.15, -0.1) is 0 Å². The van der Waals surface area contributed by atoms with Gasteiger partial charge in [-0.05, 0) is 36.2 Å². The molecule has 1 atom stereocenters. The van der Waals surface area contributed by atoms with Gasteiger partial charge in [0, 0.05) is 12.1 Å². The molecule has 6 nitrogen and oxygen atoms in total. The van der Waals surface area contributed by atoms with Crippen molar-refractivity contribution in [1.29, 1.82) is 0 Å². The zero-order valence-corrected chi connectivity index (χ0v) is 12.9. The number of carbonyl (C=O) groups is 2. The summed E-state index contributed by atoms with van der Waals surface area (Å²) in [5.41, 5.74) is 0.607. The van der Waals surface area contributed by atoms with Gasteiger partial charge in [-0.1, -0.05) is 24.3 Å². The Hall–Kier alpha value is -3.02. The van der Waals surface area contributed by atoms with Crippen LogP contribution in [-0.2, 0) is 4.79 Å². The first-order valence-electron chi connectivity index (χ1n) is 7.61. The second-order valence-electron chi connectivity index (χ2n) is 5.45. The molecule has 124 valence electrons. The molecule has 0 bridgehead atoms. The van der Waals surface area contributed by atoms with Crippen molar-refractivity contribution in [3.8, 4) is 11.5 Å². The molecule has 0 spiro atoms. The van der Waals surface area contributed by atoms with E-state index in [4.69, 9.17) is 9.47 Å². The second kappa shape index (κ2) is 7.04. The average molecular weight is 326 g/mol. The van der Waals surface area contributed by atoms with Gasteiger partial charge in [-0.3, -0.25) is 4.79 Å². The number of rotatable bonds is 5. The van der Waals surface area contributed by atoms with Crippen molar-refractivity contribution < 1.29 is 24.2 Å². The Morgan fingerprint density at radius 1 is 1.08 bits per heavy atom. The van der Waals surface area contributed by atoms with Gasteiger partial charge in [0.15, 0.2) is 11.5 Å². The first-order chi connectivity index (χ1) is 11.6. The van der Waals surface area contributed by atoms with E-state index in [9.17, 15) is 14.7 Å². The van der Waals surface area contributed by atoms with Gasteiger partial charge < -0.3 is 24.7 Å². The van der Waals surface area contributed by atoms with E-state index in [1.54, 1.807) is 0 Å². The Morgan fingerprint density at radius 2 is 1.79 bits per heavy atom. The summed E-state index contributed by atoms with van der Waals surface area (Å²) >= 11 is 0. The Bertz CT molecular complexity index is 741. The minimum absolute atomic E-state index is 0.0689. The summed E-state index contributed by atoms with van der Waals surface area (Å²) in [7, 11) is 0. The van der Waals surface area contributed by atoms with Crippen LogP contribution in [0, 0.1) is 0 Å². The average Bonchev–Trinajstić information content (AvgIpc) is 2.60. The van der Waals surface area contributed by atoms with E-state index in [2.05, 4.69) is 5.32 Å². The summed E-state index contributed by atoms with van der Waals surface area (Å²) in [5.74, 6) is -0.0143. The fourth-order valence-electron chi connectivity index (χ4n) is 2.41. The zero-order valence-electron chi connectivity index (χ0n) is 12.9. The molecule has 0 aliphatic carbocycles. The Kier molecular flexibility index (Phi) is 4.65. The van der Waals surface area contributed by atoms with E-state index < -0.39 is 5.97 Å². The lowest BCUT2D eigenvalue weighted by molar-refractivity contribution is -0.255. The quantitative estimate of drug-likeness (QED) is 0.902. The van der Waals surface area contributed by atoms with Crippen molar-refractivity contribution >= 4 is 17.6 Å². The summed E-state index contributed by atoms with van der Waals surface area (Å²) in [6.07, 6.45) is 0.626. The standard InChI is InChI=1S/C18H17NO5/c20-17(19-13-7-5-12(6-8-13)18(21)22)10-9-14-11-23-15-3-1-2-4-16(15)24-14/h1-8,14H,9-11H2,(H,19,20)(H,21,22)/p-1/t14-/m1/s1. The topological polar surface area (TPSA) is 87.7 Å². The van der Waals surface area contributed by atoms with Crippen LogP contribution in [0.2, 0.25) is 0 Å². The van der Waals surface area contributed by atoms with Crippen molar-refractivity contribution in [1.82, 2.24) is 0 Å². The molecule has 2 aromatic rings. The lowest BCUT2D eigenvalue weighted by Crippen LogP contribution is -2.30. The predicted molar refractivity (Wildman–Crippen MR) is 85.0 cm³/mol. The monoisotopic (exact) mass is 326 g/mol. The van der Waals surface area contributed by atoms with E-state index in [0.29, 0.717) is 30.2 Å². The summed E-state index contributed by atoms with van der Waals surface area (Å²) < 4.78 is 11.4. The molecule has 0 radical (unpaired) electrons. The van der Waals surface area contributed by atoms with E-state index in [-0.39, 0.29) is 24.0 Å². The molecule has 1 aliphatic rings. The van der Waals surface area contributed by atoms with Crippen molar-refractivity contribution in [2.45, 2.75) is 18.9 Å². The first kappa shape index (κ1) is 15.9. The summed E-state index contributed by atoms with van der Waals surface area (Å²) in [5, 5.41) is 13.4. The van der Waals surface area contributed by atoms with Crippen molar-refractivity contribution in [3.63, 3.8) is 0 Å². The smallest absolute Gasteiger partial charge is 0.224 e. The third-order valence-corrected chi connectivity index (χ3v) is 3.67. The number of benzene rings is 2. The Morgan fingerprint density at radius 3 is 2.50 bits per heavy atom. The molecule has 24 heavy (non-hydrogen) atoms. The lowest BCUT2D eigenvalue weighted by Gasteiger charge is -2.26. The van der Waals surface area contributed by atoms with E-state index in [1.165, 1.54) is 24.3 Å².